The minimum atomic E-state index is -0.750. The van der Waals surface area contributed by atoms with Gasteiger partial charge in [-0.3, -0.25) is 9.36 Å². The number of benzene rings is 2. The number of carboxylic acids is 1. The average molecular weight is 354 g/mol. The van der Waals surface area contributed by atoms with Crippen molar-refractivity contribution < 1.29 is 19.4 Å². The third kappa shape index (κ3) is 4.14. The highest BCUT2D eigenvalue weighted by atomic mass is 16.5. The van der Waals surface area contributed by atoms with Crippen LogP contribution < -0.4 is 9.47 Å². The Morgan fingerprint density at radius 3 is 2.65 bits per heavy atom. The second-order valence-corrected chi connectivity index (χ2v) is 5.97. The van der Waals surface area contributed by atoms with Crippen LogP contribution in [0.3, 0.4) is 0 Å². The maximum absolute atomic E-state index is 10.5. The molecule has 0 aliphatic rings. The topological polar surface area (TPSA) is 73.6 Å². The Kier molecular flexibility index (Phi) is 5.73. The SMILES string of the molecule is COc1nc2ccc(OCCCCCC(=O)O)cc2n1-c1ccccc1. The predicted octanol–water partition coefficient (Wildman–Crippen LogP) is 4.06. The van der Waals surface area contributed by atoms with Crippen LogP contribution in [0.1, 0.15) is 25.7 Å². The first kappa shape index (κ1) is 17.8. The number of carboxylic acid groups (broad SMARTS) is 1. The fourth-order valence-electron chi connectivity index (χ4n) is 2.83. The van der Waals surface area contributed by atoms with Crippen LogP contribution >= 0.6 is 0 Å². The normalized spacial score (nSPS) is 10.8. The van der Waals surface area contributed by atoms with Crippen molar-refractivity contribution >= 4 is 17.0 Å². The maximum Gasteiger partial charge on any atom is 0.303 e. The Hall–Kier alpha value is -3.02. The third-order valence-corrected chi connectivity index (χ3v) is 4.10. The lowest BCUT2D eigenvalue weighted by molar-refractivity contribution is -0.137. The van der Waals surface area contributed by atoms with E-state index in [2.05, 4.69) is 4.98 Å². The second-order valence-electron chi connectivity index (χ2n) is 5.97. The molecule has 0 atom stereocenters. The summed E-state index contributed by atoms with van der Waals surface area (Å²) in [5.41, 5.74) is 2.72. The van der Waals surface area contributed by atoms with Crippen LogP contribution in [0, 0.1) is 0 Å². The van der Waals surface area contributed by atoms with Gasteiger partial charge in [0.25, 0.3) is 0 Å². The van der Waals surface area contributed by atoms with Gasteiger partial charge in [0.2, 0.25) is 0 Å². The second kappa shape index (κ2) is 8.38. The fourth-order valence-corrected chi connectivity index (χ4v) is 2.83. The number of ether oxygens (including phenoxy) is 2. The van der Waals surface area contributed by atoms with Crippen molar-refractivity contribution in [2.24, 2.45) is 0 Å². The molecule has 0 radical (unpaired) electrons. The molecule has 0 aliphatic heterocycles. The van der Waals surface area contributed by atoms with Crippen LogP contribution in [0.25, 0.3) is 16.7 Å². The summed E-state index contributed by atoms with van der Waals surface area (Å²) in [7, 11) is 1.61. The Bertz CT molecular complexity index is 874. The number of imidazole rings is 1. The van der Waals surface area contributed by atoms with Crippen LogP contribution in [0.15, 0.2) is 48.5 Å². The lowest BCUT2D eigenvalue weighted by Crippen LogP contribution is -2.00. The molecule has 3 rings (SSSR count). The minimum Gasteiger partial charge on any atom is -0.494 e. The molecule has 0 saturated heterocycles. The van der Waals surface area contributed by atoms with Crippen LogP contribution in [-0.4, -0.2) is 34.3 Å². The van der Waals surface area contributed by atoms with E-state index in [-0.39, 0.29) is 6.42 Å². The van der Waals surface area contributed by atoms with E-state index >= 15 is 0 Å². The van der Waals surface area contributed by atoms with E-state index in [0.29, 0.717) is 19.0 Å². The molecule has 136 valence electrons. The molecular weight excluding hydrogens is 332 g/mol. The van der Waals surface area contributed by atoms with Gasteiger partial charge in [-0.25, -0.2) is 0 Å². The zero-order valence-corrected chi connectivity index (χ0v) is 14.7. The van der Waals surface area contributed by atoms with Crippen LogP contribution in [0.4, 0.5) is 0 Å². The summed E-state index contributed by atoms with van der Waals surface area (Å²) >= 11 is 0. The lowest BCUT2D eigenvalue weighted by Gasteiger charge is -2.09. The van der Waals surface area contributed by atoms with Gasteiger partial charge in [-0.15, -0.1) is 0 Å². The summed E-state index contributed by atoms with van der Waals surface area (Å²) < 4.78 is 13.2. The van der Waals surface area contributed by atoms with E-state index in [4.69, 9.17) is 14.6 Å². The molecule has 0 fully saturated rings. The van der Waals surface area contributed by atoms with Gasteiger partial charge in [-0.1, -0.05) is 18.2 Å². The van der Waals surface area contributed by atoms with Gasteiger partial charge < -0.3 is 14.6 Å². The van der Waals surface area contributed by atoms with E-state index in [1.165, 1.54) is 0 Å². The highest BCUT2D eigenvalue weighted by molar-refractivity contribution is 5.80. The van der Waals surface area contributed by atoms with Crippen molar-refractivity contribution in [3.63, 3.8) is 0 Å². The van der Waals surface area contributed by atoms with E-state index in [0.717, 1.165) is 35.3 Å². The van der Waals surface area contributed by atoms with Gasteiger partial charge in [0, 0.05) is 12.5 Å². The molecule has 1 aromatic heterocycles. The average Bonchev–Trinajstić information content (AvgIpc) is 3.03. The zero-order chi connectivity index (χ0) is 18.4. The van der Waals surface area contributed by atoms with Crippen molar-refractivity contribution in [1.29, 1.82) is 0 Å². The molecule has 0 bridgehead atoms. The number of fused-ring (bicyclic) bond motifs is 1. The molecule has 1 heterocycles. The number of methoxy groups -OCH3 is 1. The third-order valence-electron chi connectivity index (χ3n) is 4.10. The van der Waals surface area contributed by atoms with Gasteiger partial charge >= 0.3 is 12.0 Å². The minimum absolute atomic E-state index is 0.210. The Balaban J connectivity index is 1.74. The van der Waals surface area contributed by atoms with Gasteiger partial charge in [-0.05, 0) is 43.5 Å². The summed E-state index contributed by atoms with van der Waals surface area (Å²) in [6.45, 7) is 0.557. The summed E-state index contributed by atoms with van der Waals surface area (Å²) in [6, 6.07) is 16.2. The summed E-state index contributed by atoms with van der Waals surface area (Å²) in [6.07, 6.45) is 2.55. The number of para-hydroxylation sites is 1. The number of aliphatic carboxylic acids is 1. The fraction of sp³-hybridized carbons (Fsp3) is 0.300. The number of rotatable bonds is 9. The number of hydrogen-bond acceptors (Lipinski definition) is 4. The number of aromatic nitrogens is 2. The van der Waals surface area contributed by atoms with Crippen LogP contribution in [0.2, 0.25) is 0 Å². The molecule has 0 spiro atoms. The van der Waals surface area contributed by atoms with Crippen molar-refractivity contribution in [3.05, 3.63) is 48.5 Å². The predicted molar refractivity (Wildman–Crippen MR) is 99.2 cm³/mol. The van der Waals surface area contributed by atoms with E-state index in [9.17, 15) is 4.79 Å². The number of carbonyl (C=O) groups is 1. The maximum atomic E-state index is 10.5. The van der Waals surface area contributed by atoms with Crippen molar-refractivity contribution in [2.75, 3.05) is 13.7 Å². The smallest absolute Gasteiger partial charge is 0.303 e. The largest absolute Gasteiger partial charge is 0.494 e. The highest BCUT2D eigenvalue weighted by Crippen LogP contribution is 2.29. The standard InChI is InChI=1S/C20H22N2O4/c1-25-20-21-17-12-11-16(26-13-7-3-6-10-19(23)24)14-18(17)22(20)15-8-4-2-5-9-15/h2,4-5,8-9,11-12,14H,3,6-7,10,13H2,1H3,(H,23,24). The molecule has 0 saturated carbocycles. The molecule has 1 N–H and O–H groups in total. The van der Waals surface area contributed by atoms with E-state index in [1.807, 2.05) is 53.1 Å². The van der Waals surface area contributed by atoms with Crippen molar-refractivity contribution in [1.82, 2.24) is 9.55 Å². The highest BCUT2D eigenvalue weighted by Gasteiger charge is 2.13. The van der Waals surface area contributed by atoms with Crippen molar-refractivity contribution in [3.8, 4) is 17.4 Å². The number of nitrogens with zero attached hydrogens (tertiary/aromatic N) is 2. The monoisotopic (exact) mass is 354 g/mol. The first-order valence-corrected chi connectivity index (χ1v) is 8.65. The molecule has 0 unspecified atom stereocenters. The van der Waals surface area contributed by atoms with Gasteiger partial charge in [0.15, 0.2) is 0 Å². The molecular formula is C20H22N2O4. The first-order chi connectivity index (χ1) is 12.7. The summed E-state index contributed by atoms with van der Waals surface area (Å²) in [4.78, 5) is 15.0. The summed E-state index contributed by atoms with van der Waals surface area (Å²) in [5, 5.41) is 8.64. The quantitative estimate of drug-likeness (QED) is 0.587. The Morgan fingerprint density at radius 2 is 1.92 bits per heavy atom. The molecule has 6 heteroatoms. The van der Waals surface area contributed by atoms with Crippen LogP contribution in [0.5, 0.6) is 11.8 Å². The van der Waals surface area contributed by atoms with E-state index < -0.39 is 5.97 Å². The number of unbranched alkanes of at least 4 members (excludes halogenated alkanes) is 2. The molecule has 0 aliphatic carbocycles. The first-order valence-electron chi connectivity index (χ1n) is 8.65. The molecule has 6 nitrogen and oxygen atoms in total. The summed E-state index contributed by atoms with van der Waals surface area (Å²) in [5.74, 6) is 0.00922. The van der Waals surface area contributed by atoms with Crippen LogP contribution in [-0.2, 0) is 4.79 Å². The van der Waals surface area contributed by atoms with Gasteiger partial charge in [0.1, 0.15) is 5.75 Å². The number of hydrogen-bond donors (Lipinski definition) is 1. The molecule has 3 aromatic rings. The van der Waals surface area contributed by atoms with Gasteiger partial charge in [0.05, 0.1) is 30.4 Å². The van der Waals surface area contributed by atoms with E-state index in [1.54, 1.807) is 7.11 Å². The molecule has 2 aromatic carbocycles. The Morgan fingerprint density at radius 1 is 1.12 bits per heavy atom. The Labute approximate surface area is 152 Å². The van der Waals surface area contributed by atoms with Gasteiger partial charge in [-0.2, -0.15) is 4.98 Å². The lowest BCUT2D eigenvalue weighted by atomic mass is 10.2. The molecule has 26 heavy (non-hydrogen) atoms. The zero-order valence-electron chi connectivity index (χ0n) is 14.7. The molecule has 0 amide bonds. The van der Waals surface area contributed by atoms with Crippen molar-refractivity contribution in [2.45, 2.75) is 25.7 Å².